The van der Waals surface area contributed by atoms with E-state index in [0.29, 0.717) is 53.1 Å². The Balaban J connectivity index is 1.95. The second-order valence-corrected chi connectivity index (χ2v) is 7.13. The molecule has 3 aromatic rings. The van der Waals surface area contributed by atoms with Crippen molar-refractivity contribution in [2.24, 2.45) is 0 Å². The Morgan fingerprint density at radius 2 is 1.93 bits per heavy atom. The fraction of sp³-hybridized carbons (Fsp3) is 0.368. The molecular formula is C19H19ClFN5O. The van der Waals surface area contributed by atoms with Gasteiger partial charge in [-0.2, -0.15) is 4.98 Å². The minimum absolute atomic E-state index is 0.0691. The lowest BCUT2D eigenvalue weighted by molar-refractivity contribution is 0.0526. The minimum Gasteiger partial charge on any atom is -0.375 e. The number of anilines is 1. The summed E-state index contributed by atoms with van der Waals surface area (Å²) < 4.78 is 20.3. The number of hydrogen-bond donors (Lipinski definition) is 0. The highest BCUT2D eigenvalue weighted by atomic mass is 35.5. The molecule has 1 aliphatic heterocycles. The van der Waals surface area contributed by atoms with Crippen molar-refractivity contribution < 1.29 is 9.13 Å². The van der Waals surface area contributed by atoms with Crippen LogP contribution in [0.25, 0.3) is 22.4 Å². The van der Waals surface area contributed by atoms with Crippen molar-refractivity contribution in [1.82, 2.24) is 19.9 Å². The summed E-state index contributed by atoms with van der Waals surface area (Å²) in [5, 5.41) is 0.329. The molecular weight excluding hydrogens is 369 g/mol. The van der Waals surface area contributed by atoms with Gasteiger partial charge in [-0.15, -0.1) is 0 Å². The van der Waals surface area contributed by atoms with Gasteiger partial charge in [0, 0.05) is 23.7 Å². The van der Waals surface area contributed by atoms with Gasteiger partial charge in [0.15, 0.2) is 5.65 Å². The zero-order chi connectivity index (χ0) is 19.1. The second kappa shape index (κ2) is 6.98. The van der Waals surface area contributed by atoms with Crippen molar-refractivity contribution in [2.75, 3.05) is 24.6 Å². The van der Waals surface area contributed by atoms with E-state index in [4.69, 9.17) is 16.3 Å². The van der Waals surface area contributed by atoms with Gasteiger partial charge in [-0.1, -0.05) is 11.6 Å². The van der Waals surface area contributed by atoms with E-state index in [1.54, 1.807) is 12.1 Å². The van der Waals surface area contributed by atoms with Crippen LogP contribution in [0.5, 0.6) is 0 Å². The molecule has 0 spiro atoms. The van der Waals surface area contributed by atoms with Crippen LogP contribution in [0.4, 0.5) is 10.3 Å². The molecule has 1 atom stereocenters. The molecule has 6 nitrogen and oxygen atoms in total. The third kappa shape index (κ3) is 3.44. The molecule has 3 heterocycles. The molecule has 0 saturated carbocycles. The molecule has 0 radical (unpaired) electrons. The number of aryl methyl sites for hydroxylation is 2. The van der Waals surface area contributed by atoms with Crippen molar-refractivity contribution in [3.05, 3.63) is 40.4 Å². The first-order chi connectivity index (χ1) is 12.9. The number of rotatable bonds is 2. The summed E-state index contributed by atoms with van der Waals surface area (Å²) in [4.78, 5) is 20.4. The predicted molar refractivity (Wildman–Crippen MR) is 103 cm³/mol. The van der Waals surface area contributed by atoms with E-state index in [2.05, 4.69) is 19.9 Å². The van der Waals surface area contributed by atoms with Crippen molar-refractivity contribution in [3.8, 4) is 11.3 Å². The van der Waals surface area contributed by atoms with Crippen molar-refractivity contribution in [3.63, 3.8) is 0 Å². The summed E-state index contributed by atoms with van der Waals surface area (Å²) in [7, 11) is 0. The fourth-order valence-corrected chi connectivity index (χ4v) is 3.27. The van der Waals surface area contributed by atoms with Crippen LogP contribution in [-0.2, 0) is 4.74 Å². The van der Waals surface area contributed by atoms with Crippen LogP contribution in [-0.4, -0.2) is 45.7 Å². The summed E-state index contributed by atoms with van der Waals surface area (Å²) in [5.41, 5.74) is 3.21. The molecule has 27 heavy (non-hydrogen) atoms. The van der Waals surface area contributed by atoms with E-state index < -0.39 is 5.82 Å². The third-order valence-corrected chi connectivity index (χ3v) is 4.88. The van der Waals surface area contributed by atoms with E-state index in [1.807, 2.05) is 25.7 Å². The Kier molecular flexibility index (Phi) is 4.65. The molecule has 8 heteroatoms. The van der Waals surface area contributed by atoms with Crippen LogP contribution in [0.1, 0.15) is 18.3 Å². The maximum atomic E-state index is 14.7. The summed E-state index contributed by atoms with van der Waals surface area (Å²) in [6.07, 6.45) is 0.0691. The van der Waals surface area contributed by atoms with Crippen LogP contribution >= 0.6 is 11.6 Å². The molecule has 0 amide bonds. The fourth-order valence-electron chi connectivity index (χ4n) is 3.11. The highest BCUT2D eigenvalue weighted by Crippen LogP contribution is 2.30. The molecule has 0 bridgehead atoms. The molecule has 0 aliphatic carbocycles. The van der Waals surface area contributed by atoms with Gasteiger partial charge < -0.3 is 9.64 Å². The topological polar surface area (TPSA) is 64.0 Å². The number of ether oxygens (including phenoxy) is 1. The average Bonchev–Trinajstić information content (AvgIpc) is 2.62. The summed E-state index contributed by atoms with van der Waals surface area (Å²) >= 11 is 5.91. The standard InChI is InChI=1S/C19H19ClFN5O/c1-10-9-26(6-7-27-10)19-24-16(14-5-4-13(20)8-15(14)21)17-18(25-19)23-12(3)11(2)22-17/h4-5,8,10H,6-7,9H2,1-3H3/t10-/m0/s1. The van der Waals surface area contributed by atoms with Gasteiger partial charge in [0.25, 0.3) is 0 Å². The number of halogens is 2. The number of nitrogens with zero attached hydrogens (tertiary/aromatic N) is 5. The van der Waals surface area contributed by atoms with Gasteiger partial charge >= 0.3 is 0 Å². The molecule has 0 unspecified atom stereocenters. The largest absolute Gasteiger partial charge is 0.375 e. The normalized spacial score (nSPS) is 17.5. The van der Waals surface area contributed by atoms with Gasteiger partial charge in [0.1, 0.15) is 17.0 Å². The number of fused-ring (bicyclic) bond motifs is 1. The van der Waals surface area contributed by atoms with E-state index in [1.165, 1.54) is 6.07 Å². The number of hydrogen-bond acceptors (Lipinski definition) is 6. The first kappa shape index (κ1) is 18.0. The molecule has 1 saturated heterocycles. The lowest BCUT2D eigenvalue weighted by Gasteiger charge is -2.31. The number of morpholine rings is 1. The first-order valence-electron chi connectivity index (χ1n) is 8.77. The molecule has 140 valence electrons. The Labute approximate surface area is 161 Å². The van der Waals surface area contributed by atoms with Crippen molar-refractivity contribution >= 4 is 28.7 Å². The second-order valence-electron chi connectivity index (χ2n) is 6.69. The Morgan fingerprint density at radius 3 is 2.67 bits per heavy atom. The molecule has 1 aromatic carbocycles. The number of aromatic nitrogens is 4. The lowest BCUT2D eigenvalue weighted by Crippen LogP contribution is -2.42. The van der Waals surface area contributed by atoms with Gasteiger partial charge in [0.05, 0.1) is 24.1 Å². The van der Waals surface area contributed by atoms with E-state index in [9.17, 15) is 4.39 Å². The average molecular weight is 388 g/mol. The maximum Gasteiger partial charge on any atom is 0.228 e. The minimum atomic E-state index is -0.455. The lowest BCUT2D eigenvalue weighted by atomic mass is 10.1. The predicted octanol–water partition coefficient (Wildman–Crippen LogP) is 3.72. The van der Waals surface area contributed by atoms with Crippen molar-refractivity contribution in [2.45, 2.75) is 26.9 Å². The van der Waals surface area contributed by atoms with E-state index in [-0.39, 0.29) is 6.10 Å². The summed E-state index contributed by atoms with van der Waals surface area (Å²) in [6, 6.07) is 4.52. The van der Waals surface area contributed by atoms with Gasteiger partial charge in [-0.25, -0.2) is 19.3 Å². The van der Waals surface area contributed by atoms with E-state index >= 15 is 0 Å². The Bertz CT molecular complexity index is 1030. The molecule has 1 fully saturated rings. The summed E-state index contributed by atoms with van der Waals surface area (Å²) in [5.74, 6) is 0.0448. The van der Waals surface area contributed by atoms with Crippen LogP contribution in [0.15, 0.2) is 18.2 Å². The quantitative estimate of drug-likeness (QED) is 0.667. The first-order valence-corrected chi connectivity index (χ1v) is 9.15. The van der Waals surface area contributed by atoms with Gasteiger partial charge in [0.2, 0.25) is 5.95 Å². The highest BCUT2D eigenvalue weighted by Gasteiger charge is 2.23. The van der Waals surface area contributed by atoms with E-state index in [0.717, 1.165) is 11.4 Å². The zero-order valence-electron chi connectivity index (χ0n) is 15.3. The smallest absolute Gasteiger partial charge is 0.228 e. The summed E-state index contributed by atoms with van der Waals surface area (Å²) in [6.45, 7) is 7.65. The SMILES string of the molecule is Cc1nc2nc(N3CCO[C@@H](C)C3)nc(-c3ccc(Cl)cc3F)c2nc1C. The molecule has 0 N–H and O–H groups in total. The molecule has 1 aliphatic rings. The van der Waals surface area contributed by atoms with Crippen molar-refractivity contribution in [1.29, 1.82) is 0 Å². The number of benzene rings is 1. The van der Waals surface area contributed by atoms with Crippen LogP contribution in [0.2, 0.25) is 5.02 Å². The third-order valence-electron chi connectivity index (χ3n) is 4.64. The van der Waals surface area contributed by atoms with Gasteiger partial charge in [-0.05, 0) is 39.0 Å². The van der Waals surface area contributed by atoms with Crippen LogP contribution in [0, 0.1) is 19.7 Å². The zero-order valence-corrected chi connectivity index (χ0v) is 16.1. The Hall–Kier alpha value is -2.38. The monoisotopic (exact) mass is 387 g/mol. The van der Waals surface area contributed by atoms with Crippen LogP contribution < -0.4 is 4.90 Å². The molecule has 4 rings (SSSR count). The van der Waals surface area contributed by atoms with Crippen LogP contribution in [0.3, 0.4) is 0 Å². The maximum absolute atomic E-state index is 14.7. The highest BCUT2D eigenvalue weighted by molar-refractivity contribution is 6.30. The van der Waals surface area contributed by atoms with Gasteiger partial charge in [-0.3, -0.25) is 0 Å². The Morgan fingerprint density at radius 1 is 1.15 bits per heavy atom. The molecule has 2 aromatic heterocycles.